The van der Waals surface area contributed by atoms with E-state index in [4.69, 9.17) is 27.9 Å². The second kappa shape index (κ2) is 7.83. The number of amides is 1. The maximum Gasteiger partial charge on any atom is 0.252 e. The lowest BCUT2D eigenvalue weighted by Gasteiger charge is -2.11. The molecule has 1 aromatic carbocycles. The molecule has 1 aromatic heterocycles. The fourth-order valence-corrected chi connectivity index (χ4v) is 2.74. The Morgan fingerprint density at radius 1 is 1.25 bits per heavy atom. The van der Waals surface area contributed by atoms with Gasteiger partial charge >= 0.3 is 0 Å². The monoisotopic (exact) mass is 365 g/mol. The van der Waals surface area contributed by atoms with Gasteiger partial charge in [0.1, 0.15) is 5.82 Å². The number of nitrogens with one attached hydrogen (secondary N) is 2. The van der Waals surface area contributed by atoms with Crippen molar-refractivity contribution in [1.29, 1.82) is 0 Å². The van der Waals surface area contributed by atoms with Gasteiger partial charge in [0.15, 0.2) is 0 Å². The van der Waals surface area contributed by atoms with E-state index in [0.717, 1.165) is 25.1 Å². The van der Waals surface area contributed by atoms with Gasteiger partial charge in [0, 0.05) is 25.0 Å². The summed E-state index contributed by atoms with van der Waals surface area (Å²) in [5.74, 6) is 0.461. The average Bonchev–Trinajstić information content (AvgIpc) is 3.10. The lowest BCUT2D eigenvalue weighted by atomic mass is 10.2. The topological polar surface area (TPSA) is 63.2 Å². The van der Waals surface area contributed by atoms with Crippen LogP contribution in [0.5, 0.6) is 0 Å². The van der Waals surface area contributed by atoms with Crippen molar-refractivity contribution in [2.45, 2.75) is 18.9 Å². The summed E-state index contributed by atoms with van der Waals surface area (Å²) in [6.45, 7) is 1.30. The summed E-state index contributed by atoms with van der Waals surface area (Å²) in [5.41, 5.74) is 1.28. The number of halogens is 2. The van der Waals surface area contributed by atoms with Crippen LogP contribution in [0.15, 0.2) is 36.5 Å². The number of rotatable bonds is 5. The van der Waals surface area contributed by atoms with E-state index in [1.165, 1.54) is 6.20 Å². The molecule has 2 N–H and O–H groups in total. The standard InChI is InChI=1S/C17H17Cl2N3O2/c18-14-5-4-12(8-15(14)19)22-16-6-3-11(9-20-16)17(23)21-10-13-2-1-7-24-13/h3-6,8-9,13H,1-2,7,10H2,(H,20,22)(H,21,23). The molecule has 2 heterocycles. The number of hydrogen-bond donors (Lipinski definition) is 2. The van der Waals surface area contributed by atoms with Crippen molar-refractivity contribution in [3.8, 4) is 0 Å². The van der Waals surface area contributed by atoms with Gasteiger partial charge in [0.25, 0.3) is 5.91 Å². The van der Waals surface area contributed by atoms with E-state index in [9.17, 15) is 4.79 Å². The molecule has 5 nitrogen and oxygen atoms in total. The number of carbonyl (C=O) groups is 1. The SMILES string of the molecule is O=C(NCC1CCCO1)c1ccc(Nc2ccc(Cl)c(Cl)c2)nc1. The zero-order valence-electron chi connectivity index (χ0n) is 12.9. The van der Waals surface area contributed by atoms with Gasteiger partial charge in [-0.15, -0.1) is 0 Å². The Kier molecular flexibility index (Phi) is 5.56. The summed E-state index contributed by atoms with van der Waals surface area (Å²) >= 11 is 11.9. The van der Waals surface area contributed by atoms with Gasteiger partial charge in [-0.1, -0.05) is 23.2 Å². The first kappa shape index (κ1) is 17.0. The van der Waals surface area contributed by atoms with E-state index in [1.54, 1.807) is 30.3 Å². The summed E-state index contributed by atoms with van der Waals surface area (Å²) in [5, 5.41) is 6.93. The Morgan fingerprint density at radius 3 is 2.79 bits per heavy atom. The van der Waals surface area contributed by atoms with Gasteiger partial charge in [-0.3, -0.25) is 4.79 Å². The van der Waals surface area contributed by atoms with Crippen LogP contribution in [0.3, 0.4) is 0 Å². The third-order valence-electron chi connectivity index (χ3n) is 3.73. The van der Waals surface area contributed by atoms with E-state index < -0.39 is 0 Å². The van der Waals surface area contributed by atoms with Crippen LogP contribution in [-0.2, 0) is 4.74 Å². The molecule has 1 saturated heterocycles. The lowest BCUT2D eigenvalue weighted by molar-refractivity contribution is 0.0857. The molecule has 1 aliphatic rings. The number of hydrogen-bond acceptors (Lipinski definition) is 4. The number of ether oxygens (including phenoxy) is 1. The van der Waals surface area contributed by atoms with Crippen LogP contribution in [-0.4, -0.2) is 30.1 Å². The van der Waals surface area contributed by atoms with E-state index in [-0.39, 0.29) is 12.0 Å². The Labute approximate surface area is 150 Å². The normalized spacial score (nSPS) is 16.8. The number of aromatic nitrogens is 1. The summed E-state index contributed by atoms with van der Waals surface area (Å²) in [6, 6.07) is 8.69. The molecule has 1 fully saturated rings. The highest BCUT2D eigenvalue weighted by atomic mass is 35.5. The first-order valence-corrected chi connectivity index (χ1v) is 8.45. The molecule has 2 aromatic rings. The molecule has 126 valence electrons. The molecule has 1 amide bonds. The third kappa shape index (κ3) is 4.38. The molecule has 0 saturated carbocycles. The second-order valence-corrected chi connectivity index (χ2v) is 6.35. The lowest BCUT2D eigenvalue weighted by Crippen LogP contribution is -2.31. The summed E-state index contributed by atoms with van der Waals surface area (Å²) in [6.07, 6.45) is 3.70. The number of benzene rings is 1. The van der Waals surface area contributed by atoms with Crippen LogP contribution in [0.2, 0.25) is 10.0 Å². The van der Waals surface area contributed by atoms with Crippen molar-refractivity contribution in [3.63, 3.8) is 0 Å². The Balaban J connectivity index is 1.57. The van der Waals surface area contributed by atoms with Gasteiger partial charge in [-0.05, 0) is 43.2 Å². The smallest absolute Gasteiger partial charge is 0.252 e. The van der Waals surface area contributed by atoms with Crippen molar-refractivity contribution in [3.05, 3.63) is 52.1 Å². The molecule has 1 unspecified atom stereocenters. The summed E-state index contributed by atoms with van der Waals surface area (Å²) in [4.78, 5) is 16.3. The van der Waals surface area contributed by atoms with Crippen LogP contribution in [0, 0.1) is 0 Å². The van der Waals surface area contributed by atoms with Crippen LogP contribution in [0.25, 0.3) is 0 Å². The maximum absolute atomic E-state index is 12.1. The fraction of sp³-hybridized carbons (Fsp3) is 0.294. The van der Waals surface area contributed by atoms with E-state index in [1.807, 2.05) is 0 Å². The third-order valence-corrected chi connectivity index (χ3v) is 4.47. The van der Waals surface area contributed by atoms with Crippen LogP contribution >= 0.6 is 23.2 Å². The minimum atomic E-state index is -0.154. The predicted molar refractivity (Wildman–Crippen MR) is 95.3 cm³/mol. The molecule has 1 atom stereocenters. The minimum absolute atomic E-state index is 0.123. The Morgan fingerprint density at radius 2 is 2.12 bits per heavy atom. The summed E-state index contributed by atoms with van der Waals surface area (Å²) < 4.78 is 5.48. The summed E-state index contributed by atoms with van der Waals surface area (Å²) in [7, 11) is 0. The molecule has 3 rings (SSSR count). The fourth-order valence-electron chi connectivity index (χ4n) is 2.44. The van der Waals surface area contributed by atoms with Gasteiger partial charge in [-0.2, -0.15) is 0 Å². The van der Waals surface area contributed by atoms with Gasteiger partial charge in [0.05, 0.1) is 21.7 Å². The van der Waals surface area contributed by atoms with E-state index >= 15 is 0 Å². The molecule has 0 bridgehead atoms. The zero-order chi connectivity index (χ0) is 16.9. The molecule has 0 radical (unpaired) electrons. The van der Waals surface area contributed by atoms with Crippen molar-refractivity contribution >= 4 is 40.6 Å². The molecule has 24 heavy (non-hydrogen) atoms. The van der Waals surface area contributed by atoms with Crippen molar-refractivity contribution in [2.24, 2.45) is 0 Å². The highest BCUT2D eigenvalue weighted by Gasteiger charge is 2.16. The zero-order valence-corrected chi connectivity index (χ0v) is 14.4. The van der Waals surface area contributed by atoms with E-state index in [0.29, 0.717) is 28.0 Å². The van der Waals surface area contributed by atoms with Crippen LogP contribution in [0.1, 0.15) is 23.2 Å². The van der Waals surface area contributed by atoms with Crippen LogP contribution in [0.4, 0.5) is 11.5 Å². The average molecular weight is 366 g/mol. The maximum atomic E-state index is 12.1. The number of nitrogens with zero attached hydrogens (tertiary/aromatic N) is 1. The van der Waals surface area contributed by atoms with Crippen molar-refractivity contribution < 1.29 is 9.53 Å². The molecule has 7 heteroatoms. The van der Waals surface area contributed by atoms with Crippen molar-refractivity contribution in [2.75, 3.05) is 18.5 Å². The largest absolute Gasteiger partial charge is 0.376 e. The highest BCUT2D eigenvalue weighted by Crippen LogP contribution is 2.26. The van der Waals surface area contributed by atoms with Gasteiger partial charge in [-0.25, -0.2) is 4.98 Å². The quantitative estimate of drug-likeness (QED) is 0.838. The second-order valence-electron chi connectivity index (χ2n) is 5.53. The number of anilines is 2. The Hall–Kier alpha value is -1.82. The number of pyridine rings is 1. The van der Waals surface area contributed by atoms with Gasteiger partial charge < -0.3 is 15.4 Å². The molecular formula is C17H17Cl2N3O2. The molecule has 1 aliphatic heterocycles. The predicted octanol–water partition coefficient (Wildman–Crippen LogP) is 4.04. The molecular weight excluding hydrogens is 349 g/mol. The first-order chi connectivity index (χ1) is 11.6. The van der Waals surface area contributed by atoms with Crippen LogP contribution < -0.4 is 10.6 Å². The van der Waals surface area contributed by atoms with Crippen molar-refractivity contribution in [1.82, 2.24) is 10.3 Å². The van der Waals surface area contributed by atoms with E-state index in [2.05, 4.69) is 15.6 Å². The van der Waals surface area contributed by atoms with Gasteiger partial charge in [0.2, 0.25) is 0 Å². The number of carbonyl (C=O) groups excluding carboxylic acids is 1. The molecule has 0 aliphatic carbocycles. The first-order valence-electron chi connectivity index (χ1n) is 7.70. The highest BCUT2D eigenvalue weighted by molar-refractivity contribution is 6.42. The molecule has 0 spiro atoms. The Bertz CT molecular complexity index is 716. The minimum Gasteiger partial charge on any atom is -0.376 e.